The van der Waals surface area contributed by atoms with E-state index >= 15 is 0 Å². The lowest BCUT2D eigenvalue weighted by Crippen LogP contribution is -2.37. The molecule has 0 unspecified atom stereocenters. The zero-order valence-corrected chi connectivity index (χ0v) is 16.6. The van der Waals surface area contributed by atoms with Gasteiger partial charge < -0.3 is 10.6 Å². The number of allylic oxidation sites excluding steroid dienone is 1. The fourth-order valence-corrected chi connectivity index (χ4v) is 4.07. The van der Waals surface area contributed by atoms with Crippen molar-refractivity contribution in [3.05, 3.63) is 36.0 Å². The van der Waals surface area contributed by atoms with Crippen molar-refractivity contribution in [3.63, 3.8) is 0 Å². The summed E-state index contributed by atoms with van der Waals surface area (Å²) >= 11 is 0. The summed E-state index contributed by atoms with van der Waals surface area (Å²) in [6.07, 6.45) is 7.50. The van der Waals surface area contributed by atoms with Gasteiger partial charge in [-0.25, -0.2) is 4.98 Å². The smallest absolute Gasteiger partial charge is 0.226 e. The number of carbonyl (C=O) groups is 2. The highest BCUT2D eigenvalue weighted by Gasteiger charge is 2.34. The van der Waals surface area contributed by atoms with Gasteiger partial charge in [0.1, 0.15) is 5.82 Å². The topological polar surface area (TPSA) is 71.1 Å². The number of anilines is 1. The predicted molar refractivity (Wildman–Crippen MR) is 107 cm³/mol. The minimum absolute atomic E-state index is 0.00874. The third kappa shape index (κ3) is 5.41. The summed E-state index contributed by atoms with van der Waals surface area (Å²) < 4.78 is 0. The Balaban J connectivity index is 1.60. The van der Waals surface area contributed by atoms with Crippen LogP contribution in [0.4, 0.5) is 5.82 Å². The van der Waals surface area contributed by atoms with Crippen LogP contribution in [-0.2, 0) is 9.59 Å². The fourth-order valence-electron chi connectivity index (χ4n) is 4.07. The summed E-state index contributed by atoms with van der Waals surface area (Å²) in [4.78, 5) is 28.6. The van der Waals surface area contributed by atoms with Gasteiger partial charge in [-0.05, 0) is 62.0 Å². The van der Waals surface area contributed by atoms with Gasteiger partial charge in [0.25, 0.3) is 0 Å². The number of hydrogen-bond donors (Lipinski definition) is 2. The van der Waals surface area contributed by atoms with E-state index in [9.17, 15) is 9.59 Å². The number of nitrogens with zero attached hydrogens (tertiary/aromatic N) is 1. The number of pyridine rings is 1. The molecular weight excluding hydrogens is 338 g/mol. The lowest BCUT2D eigenvalue weighted by Gasteiger charge is -2.37. The first-order valence-corrected chi connectivity index (χ1v) is 10.1. The molecule has 1 fully saturated rings. The first kappa shape index (κ1) is 19.6. The highest BCUT2D eigenvalue weighted by molar-refractivity contribution is 5.90. The van der Waals surface area contributed by atoms with E-state index in [4.69, 9.17) is 0 Å². The van der Waals surface area contributed by atoms with E-state index in [1.165, 1.54) is 5.57 Å². The minimum Gasteiger partial charge on any atom is -0.355 e. The van der Waals surface area contributed by atoms with Gasteiger partial charge in [-0.1, -0.05) is 31.6 Å². The summed E-state index contributed by atoms with van der Waals surface area (Å²) in [6, 6.07) is 5.50. The average molecular weight is 370 g/mol. The van der Waals surface area contributed by atoms with Crippen molar-refractivity contribution in [2.75, 3.05) is 11.9 Å². The largest absolute Gasteiger partial charge is 0.355 e. The Morgan fingerprint density at radius 3 is 2.67 bits per heavy atom. The molecule has 2 N–H and O–H groups in total. The third-order valence-electron chi connectivity index (χ3n) is 5.91. The molecule has 1 aromatic heterocycles. The van der Waals surface area contributed by atoms with Crippen LogP contribution in [0.1, 0.15) is 46.5 Å². The second kappa shape index (κ2) is 8.68. The Morgan fingerprint density at radius 2 is 2.04 bits per heavy atom. The maximum atomic E-state index is 12.4. The average Bonchev–Trinajstić information content (AvgIpc) is 3.47. The monoisotopic (exact) mass is 369 g/mol. The maximum absolute atomic E-state index is 12.4. The van der Waals surface area contributed by atoms with Gasteiger partial charge in [0.05, 0.1) is 0 Å². The summed E-state index contributed by atoms with van der Waals surface area (Å²) in [6.45, 7) is 7.30. The van der Waals surface area contributed by atoms with Gasteiger partial charge in [-0.15, -0.1) is 0 Å². The quantitative estimate of drug-likeness (QED) is 0.718. The molecule has 2 aliphatic carbocycles. The third-order valence-corrected chi connectivity index (χ3v) is 5.91. The highest BCUT2D eigenvalue weighted by Crippen LogP contribution is 2.39. The molecule has 0 saturated heterocycles. The van der Waals surface area contributed by atoms with Gasteiger partial charge in [0.15, 0.2) is 0 Å². The van der Waals surface area contributed by atoms with Crippen LogP contribution >= 0.6 is 0 Å². The Labute approximate surface area is 162 Å². The molecule has 0 aromatic carbocycles. The standard InChI is InChI=1S/C22H31N3O2/c1-14(2)19-11-17(12-21(26)25-20-6-4-5-9-23-20)15(3)10-18(19)13-24-22(27)16-7-8-16/h4-6,9-10,14,16-19H,7-8,11-13H2,1-3H3,(H,24,27)(H,23,25,26)/t17-,18-,19-/m0/s1. The second-order valence-corrected chi connectivity index (χ2v) is 8.40. The van der Waals surface area contributed by atoms with Crippen LogP contribution in [0, 0.1) is 29.6 Å². The van der Waals surface area contributed by atoms with Crippen molar-refractivity contribution < 1.29 is 9.59 Å². The van der Waals surface area contributed by atoms with Gasteiger partial charge in [-0.3, -0.25) is 9.59 Å². The van der Waals surface area contributed by atoms with Crippen molar-refractivity contribution in [2.45, 2.75) is 46.5 Å². The molecule has 0 bridgehead atoms. The summed E-state index contributed by atoms with van der Waals surface area (Å²) in [5.74, 6) is 2.65. The van der Waals surface area contributed by atoms with Crippen molar-refractivity contribution in [2.24, 2.45) is 29.6 Å². The van der Waals surface area contributed by atoms with E-state index in [-0.39, 0.29) is 23.7 Å². The van der Waals surface area contributed by atoms with Crippen molar-refractivity contribution in [1.29, 1.82) is 0 Å². The summed E-state index contributed by atoms with van der Waals surface area (Å²) in [7, 11) is 0. The van der Waals surface area contributed by atoms with Crippen molar-refractivity contribution in [3.8, 4) is 0 Å². The van der Waals surface area contributed by atoms with E-state index in [1.807, 2.05) is 12.1 Å². The predicted octanol–water partition coefficient (Wildman–Crippen LogP) is 3.79. The highest BCUT2D eigenvalue weighted by atomic mass is 16.2. The molecule has 146 valence electrons. The fraction of sp³-hybridized carbons (Fsp3) is 0.591. The molecule has 3 rings (SSSR count). The number of nitrogens with one attached hydrogen (secondary N) is 2. The van der Waals surface area contributed by atoms with Crippen LogP contribution in [0.5, 0.6) is 0 Å². The number of rotatable bonds is 7. The molecule has 1 saturated carbocycles. The molecule has 0 radical (unpaired) electrons. The molecule has 0 spiro atoms. The number of amides is 2. The van der Waals surface area contributed by atoms with Gasteiger partial charge >= 0.3 is 0 Å². The Morgan fingerprint density at radius 1 is 1.26 bits per heavy atom. The van der Waals surface area contributed by atoms with E-state index in [0.29, 0.717) is 36.5 Å². The lowest BCUT2D eigenvalue weighted by atomic mass is 9.69. The van der Waals surface area contributed by atoms with Gasteiger partial charge in [0, 0.05) is 25.1 Å². The molecule has 2 amide bonds. The Bertz CT molecular complexity index is 695. The zero-order valence-electron chi connectivity index (χ0n) is 16.6. The van der Waals surface area contributed by atoms with Crippen LogP contribution in [-0.4, -0.2) is 23.3 Å². The first-order valence-electron chi connectivity index (χ1n) is 10.1. The first-order chi connectivity index (χ1) is 12.9. The molecular formula is C22H31N3O2. The summed E-state index contributed by atoms with van der Waals surface area (Å²) in [5, 5.41) is 6.03. The Kier molecular flexibility index (Phi) is 6.30. The SMILES string of the molecule is CC1=C[C@@H](CNC(=O)C2CC2)[C@H](C(C)C)C[C@H]1CC(=O)Nc1ccccn1. The molecule has 1 aromatic rings. The number of hydrogen-bond acceptors (Lipinski definition) is 3. The molecule has 1 heterocycles. The van der Waals surface area contributed by atoms with Crippen molar-refractivity contribution >= 4 is 17.6 Å². The molecule has 5 heteroatoms. The van der Waals surface area contributed by atoms with Crippen molar-refractivity contribution in [1.82, 2.24) is 10.3 Å². The normalized spacial score (nSPS) is 25.0. The van der Waals surface area contributed by atoms with E-state index < -0.39 is 0 Å². The maximum Gasteiger partial charge on any atom is 0.226 e. The zero-order chi connectivity index (χ0) is 19.4. The molecule has 27 heavy (non-hydrogen) atoms. The second-order valence-electron chi connectivity index (χ2n) is 8.40. The molecule has 5 nitrogen and oxygen atoms in total. The molecule has 3 atom stereocenters. The summed E-state index contributed by atoms with van der Waals surface area (Å²) in [5.41, 5.74) is 1.26. The number of carbonyl (C=O) groups excluding carboxylic acids is 2. The van der Waals surface area contributed by atoms with Crippen LogP contribution < -0.4 is 10.6 Å². The van der Waals surface area contributed by atoms with Crippen LogP contribution in [0.2, 0.25) is 0 Å². The van der Waals surface area contributed by atoms with Gasteiger partial charge in [-0.2, -0.15) is 0 Å². The van der Waals surface area contributed by atoms with E-state index in [0.717, 1.165) is 19.3 Å². The molecule has 2 aliphatic rings. The lowest BCUT2D eigenvalue weighted by molar-refractivity contribution is -0.122. The van der Waals surface area contributed by atoms with Crippen LogP contribution in [0.25, 0.3) is 0 Å². The molecule has 0 aliphatic heterocycles. The van der Waals surface area contributed by atoms with Crippen LogP contribution in [0.15, 0.2) is 36.0 Å². The number of aromatic nitrogens is 1. The van der Waals surface area contributed by atoms with Crippen LogP contribution in [0.3, 0.4) is 0 Å². The Hall–Kier alpha value is -2.17. The van der Waals surface area contributed by atoms with Gasteiger partial charge in [0.2, 0.25) is 11.8 Å². The minimum atomic E-state index is 0.00874. The van der Waals surface area contributed by atoms with E-state index in [2.05, 4.69) is 42.5 Å². The van der Waals surface area contributed by atoms with E-state index in [1.54, 1.807) is 12.3 Å².